The zero-order valence-corrected chi connectivity index (χ0v) is 14.0. The fraction of sp³-hybridized carbons (Fsp3) is 0.471. The van der Waals surface area contributed by atoms with Gasteiger partial charge in [0.1, 0.15) is 23.7 Å². The average Bonchev–Trinajstić information content (AvgIpc) is 3.16. The second-order valence-electron chi connectivity index (χ2n) is 5.79. The van der Waals surface area contributed by atoms with Gasteiger partial charge in [0.05, 0.1) is 26.7 Å². The third-order valence-electron chi connectivity index (χ3n) is 4.43. The number of amides is 1. The average molecular weight is 330 g/mol. The predicted octanol–water partition coefficient (Wildman–Crippen LogP) is 2.12. The van der Waals surface area contributed by atoms with Crippen molar-refractivity contribution in [2.75, 3.05) is 20.8 Å². The zero-order valence-electron chi connectivity index (χ0n) is 14.0. The van der Waals surface area contributed by atoms with Crippen LogP contribution in [0.25, 0.3) is 0 Å². The summed E-state index contributed by atoms with van der Waals surface area (Å²) < 4.78 is 10.8. The first kappa shape index (κ1) is 16.3. The lowest BCUT2D eigenvalue weighted by Crippen LogP contribution is -2.40. The van der Waals surface area contributed by atoms with E-state index in [-0.39, 0.29) is 18.4 Å². The van der Waals surface area contributed by atoms with Gasteiger partial charge in [-0.15, -0.1) is 0 Å². The summed E-state index contributed by atoms with van der Waals surface area (Å²) in [5.41, 5.74) is 0.773. The highest BCUT2D eigenvalue weighted by Crippen LogP contribution is 2.32. The predicted molar refractivity (Wildman–Crippen MR) is 87.9 cm³/mol. The lowest BCUT2D eigenvalue weighted by Gasteiger charge is -2.34. The van der Waals surface area contributed by atoms with Crippen molar-refractivity contribution in [1.82, 2.24) is 20.1 Å². The van der Waals surface area contributed by atoms with Gasteiger partial charge in [0.2, 0.25) is 5.91 Å². The molecule has 128 valence electrons. The Hall–Kier alpha value is -2.57. The van der Waals surface area contributed by atoms with Gasteiger partial charge in [0, 0.05) is 12.1 Å². The van der Waals surface area contributed by atoms with Gasteiger partial charge < -0.3 is 14.4 Å². The lowest BCUT2D eigenvalue weighted by atomic mass is 9.99. The monoisotopic (exact) mass is 330 g/mol. The standard InChI is InChI=1S/C17H22N4O3/c1-23-14-7-5-8-15(24-2)12(14)10-16(22)21-9-4-3-6-13(21)17-18-11-19-20-17/h5,7-8,11,13H,3-4,6,9-10H2,1-2H3,(H,18,19,20)/t13-/m1/s1. The van der Waals surface area contributed by atoms with E-state index < -0.39 is 0 Å². The number of nitrogens with one attached hydrogen (secondary N) is 1. The highest BCUT2D eigenvalue weighted by molar-refractivity contribution is 5.81. The Kier molecular flexibility index (Phi) is 4.98. The number of benzene rings is 1. The third-order valence-corrected chi connectivity index (χ3v) is 4.43. The molecule has 3 rings (SSSR count). The van der Waals surface area contributed by atoms with E-state index in [9.17, 15) is 4.79 Å². The van der Waals surface area contributed by atoms with Crippen molar-refractivity contribution in [3.63, 3.8) is 0 Å². The minimum atomic E-state index is -0.0468. The van der Waals surface area contributed by atoms with E-state index in [0.717, 1.165) is 37.2 Å². The number of nitrogens with zero attached hydrogens (tertiary/aromatic N) is 3. The molecule has 7 heteroatoms. The first-order valence-corrected chi connectivity index (χ1v) is 8.09. The van der Waals surface area contributed by atoms with Gasteiger partial charge in [0.15, 0.2) is 0 Å². The normalized spacial score (nSPS) is 17.6. The Bertz CT molecular complexity index is 665. The first-order chi connectivity index (χ1) is 11.7. The molecule has 1 fully saturated rings. The highest BCUT2D eigenvalue weighted by Gasteiger charge is 2.30. The summed E-state index contributed by atoms with van der Waals surface area (Å²) in [7, 11) is 3.20. The fourth-order valence-electron chi connectivity index (χ4n) is 3.24. The summed E-state index contributed by atoms with van der Waals surface area (Å²) in [5.74, 6) is 2.11. The van der Waals surface area contributed by atoms with Crippen LogP contribution in [0.2, 0.25) is 0 Å². The van der Waals surface area contributed by atoms with Gasteiger partial charge >= 0.3 is 0 Å². The summed E-state index contributed by atoms with van der Waals surface area (Å²) in [4.78, 5) is 19.1. The molecule has 2 heterocycles. The number of hydrogen-bond acceptors (Lipinski definition) is 5. The van der Waals surface area contributed by atoms with Crippen LogP contribution in [0.3, 0.4) is 0 Å². The molecule has 1 aromatic heterocycles. The number of carbonyl (C=O) groups excluding carboxylic acids is 1. The molecule has 1 aromatic carbocycles. The van der Waals surface area contributed by atoms with Crippen molar-refractivity contribution < 1.29 is 14.3 Å². The topological polar surface area (TPSA) is 80.3 Å². The second-order valence-corrected chi connectivity index (χ2v) is 5.79. The molecule has 0 aliphatic carbocycles. The van der Waals surface area contributed by atoms with E-state index in [0.29, 0.717) is 11.5 Å². The fourth-order valence-corrected chi connectivity index (χ4v) is 3.24. The quantitative estimate of drug-likeness (QED) is 0.908. The molecule has 1 atom stereocenters. The van der Waals surface area contributed by atoms with Gasteiger partial charge in [0.25, 0.3) is 0 Å². The van der Waals surface area contributed by atoms with Gasteiger partial charge in [-0.2, -0.15) is 5.10 Å². The van der Waals surface area contributed by atoms with Crippen molar-refractivity contribution in [2.45, 2.75) is 31.7 Å². The summed E-state index contributed by atoms with van der Waals surface area (Å²) in [6.07, 6.45) is 4.68. The number of methoxy groups -OCH3 is 2. The molecule has 1 aliphatic heterocycles. The largest absolute Gasteiger partial charge is 0.496 e. The van der Waals surface area contributed by atoms with E-state index in [1.165, 1.54) is 6.33 Å². The Labute approximate surface area is 141 Å². The zero-order chi connectivity index (χ0) is 16.9. The van der Waals surface area contributed by atoms with Gasteiger partial charge in [-0.3, -0.25) is 9.89 Å². The number of ether oxygens (including phenoxy) is 2. The molecule has 1 saturated heterocycles. The van der Waals surface area contributed by atoms with Crippen molar-refractivity contribution in [3.05, 3.63) is 35.9 Å². The van der Waals surface area contributed by atoms with Crippen molar-refractivity contribution in [3.8, 4) is 11.5 Å². The number of H-pyrrole nitrogens is 1. The van der Waals surface area contributed by atoms with Crippen LogP contribution < -0.4 is 9.47 Å². The number of aromatic amines is 1. The van der Waals surface area contributed by atoms with Crippen molar-refractivity contribution in [1.29, 1.82) is 0 Å². The molecule has 2 aromatic rings. The van der Waals surface area contributed by atoms with Crippen LogP contribution in [0.15, 0.2) is 24.5 Å². The first-order valence-electron chi connectivity index (χ1n) is 8.09. The van der Waals surface area contributed by atoms with Crippen molar-refractivity contribution in [2.24, 2.45) is 0 Å². The second kappa shape index (κ2) is 7.33. The maximum Gasteiger partial charge on any atom is 0.227 e. The van der Waals surface area contributed by atoms with Crippen LogP contribution in [-0.2, 0) is 11.2 Å². The van der Waals surface area contributed by atoms with E-state index in [1.54, 1.807) is 14.2 Å². The maximum atomic E-state index is 13.0. The van der Waals surface area contributed by atoms with Crippen LogP contribution in [-0.4, -0.2) is 46.8 Å². The van der Waals surface area contributed by atoms with Gasteiger partial charge in [-0.25, -0.2) is 4.98 Å². The van der Waals surface area contributed by atoms with E-state index >= 15 is 0 Å². The van der Waals surface area contributed by atoms with E-state index in [1.807, 2.05) is 23.1 Å². The Morgan fingerprint density at radius 3 is 2.67 bits per heavy atom. The Morgan fingerprint density at radius 1 is 1.29 bits per heavy atom. The third kappa shape index (κ3) is 3.20. The number of carbonyl (C=O) groups is 1. The Morgan fingerprint density at radius 2 is 2.04 bits per heavy atom. The molecule has 1 N–H and O–H groups in total. The van der Waals surface area contributed by atoms with Crippen LogP contribution >= 0.6 is 0 Å². The van der Waals surface area contributed by atoms with E-state index in [4.69, 9.17) is 9.47 Å². The molecule has 1 aliphatic rings. The Balaban J connectivity index is 1.83. The van der Waals surface area contributed by atoms with Gasteiger partial charge in [-0.05, 0) is 31.4 Å². The van der Waals surface area contributed by atoms with Crippen LogP contribution in [0.5, 0.6) is 11.5 Å². The van der Waals surface area contributed by atoms with E-state index in [2.05, 4.69) is 15.2 Å². The summed E-state index contributed by atoms with van der Waals surface area (Å²) in [6.45, 7) is 0.724. The molecule has 0 spiro atoms. The molecule has 0 saturated carbocycles. The molecule has 0 bridgehead atoms. The number of likely N-dealkylation sites (tertiary alicyclic amines) is 1. The number of hydrogen-bond donors (Lipinski definition) is 1. The molecule has 0 unspecified atom stereocenters. The van der Waals surface area contributed by atoms with Crippen LogP contribution in [0.1, 0.15) is 36.7 Å². The number of aromatic nitrogens is 3. The highest BCUT2D eigenvalue weighted by atomic mass is 16.5. The SMILES string of the molecule is COc1cccc(OC)c1CC(=O)N1CCCC[C@@H]1c1ncn[nH]1. The molecular weight excluding hydrogens is 308 g/mol. The molecule has 0 radical (unpaired) electrons. The molecule has 24 heavy (non-hydrogen) atoms. The maximum absolute atomic E-state index is 13.0. The number of piperidine rings is 1. The smallest absolute Gasteiger partial charge is 0.227 e. The van der Waals surface area contributed by atoms with Gasteiger partial charge in [-0.1, -0.05) is 6.07 Å². The minimum absolute atomic E-state index is 0.0406. The van der Waals surface area contributed by atoms with Crippen LogP contribution in [0, 0.1) is 0 Å². The molecule has 7 nitrogen and oxygen atoms in total. The molecule has 1 amide bonds. The minimum Gasteiger partial charge on any atom is -0.496 e. The summed E-state index contributed by atoms with van der Waals surface area (Å²) >= 11 is 0. The lowest BCUT2D eigenvalue weighted by molar-refractivity contribution is -0.134. The molecular formula is C17H22N4O3. The summed E-state index contributed by atoms with van der Waals surface area (Å²) in [5, 5.41) is 6.81. The number of rotatable bonds is 5. The summed E-state index contributed by atoms with van der Waals surface area (Å²) in [6, 6.07) is 5.49. The van der Waals surface area contributed by atoms with Crippen molar-refractivity contribution >= 4 is 5.91 Å². The van der Waals surface area contributed by atoms with Crippen LogP contribution in [0.4, 0.5) is 0 Å².